The summed E-state index contributed by atoms with van der Waals surface area (Å²) in [6, 6.07) is 15.1. The molecule has 0 spiro atoms. The van der Waals surface area contributed by atoms with Gasteiger partial charge in [-0.3, -0.25) is 9.69 Å². The van der Waals surface area contributed by atoms with Gasteiger partial charge in [0.15, 0.2) is 0 Å². The van der Waals surface area contributed by atoms with Crippen molar-refractivity contribution in [2.45, 2.75) is 56.9 Å². The molecule has 0 atom stereocenters. The Bertz CT molecular complexity index is 1010. The lowest BCUT2D eigenvalue weighted by atomic mass is 9.83. The van der Waals surface area contributed by atoms with Crippen LogP contribution in [0.25, 0.3) is 0 Å². The molecule has 3 heterocycles. The number of fused-ring (bicyclic) bond motifs is 2. The number of nitrogens with two attached hydrogens (primary N) is 1. The van der Waals surface area contributed by atoms with Crippen molar-refractivity contribution in [3.05, 3.63) is 58.6 Å². The smallest absolute Gasteiger partial charge is 0.238 e. The third-order valence-electron chi connectivity index (χ3n) is 8.24. The van der Waals surface area contributed by atoms with Crippen molar-refractivity contribution in [2.24, 2.45) is 5.73 Å². The summed E-state index contributed by atoms with van der Waals surface area (Å²) in [7, 11) is 0. The average Bonchev–Trinajstić information content (AvgIpc) is 3.02. The summed E-state index contributed by atoms with van der Waals surface area (Å²) in [5.74, 6) is -0.120. The summed E-state index contributed by atoms with van der Waals surface area (Å²) in [5.41, 5.74) is 10.9. The first-order chi connectivity index (χ1) is 16.6. The van der Waals surface area contributed by atoms with E-state index in [0.29, 0.717) is 0 Å². The van der Waals surface area contributed by atoms with Gasteiger partial charge >= 0.3 is 0 Å². The Morgan fingerprint density at radius 2 is 1.59 bits per heavy atom. The SMILES string of the molecule is NC(=O)C1(N2CCCCC2)CCN(CCCN2c3ccccc3CCc3cc(Cl)ccc32)CC1. The van der Waals surface area contributed by atoms with Crippen LogP contribution >= 0.6 is 11.6 Å². The van der Waals surface area contributed by atoms with Crippen LogP contribution in [0.1, 0.15) is 49.7 Å². The molecule has 0 aromatic heterocycles. The highest BCUT2D eigenvalue weighted by Crippen LogP contribution is 2.37. The fourth-order valence-electron chi connectivity index (χ4n) is 6.28. The van der Waals surface area contributed by atoms with Gasteiger partial charge in [0.2, 0.25) is 5.91 Å². The number of rotatable bonds is 6. The van der Waals surface area contributed by atoms with Gasteiger partial charge in [-0.25, -0.2) is 0 Å². The second-order valence-electron chi connectivity index (χ2n) is 10.2. The lowest BCUT2D eigenvalue weighted by Gasteiger charge is -2.48. The normalized spacial score (nSPS) is 20.9. The maximum atomic E-state index is 12.5. The van der Waals surface area contributed by atoms with E-state index in [-0.39, 0.29) is 5.91 Å². The molecule has 3 aliphatic heterocycles. The fourth-order valence-corrected chi connectivity index (χ4v) is 6.48. The number of carbonyl (C=O) groups excluding carboxylic acids is 1. The Morgan fingerprint density at radius 3 is 2.35 bits per heavy atom. The first-order valence-electron chi connectivity index (χ1n) is 13.0. The zero-order valence-electron chi connectivity index (χ0n) is 20.1. The third kappa shape index (κ3) is 4.71. The summed E-state index contributed by atoms with van der Waals surface area (Å²) in [6.07, 6.45) is 8.48. The molecule has 2 saturated heterocycles. The summed E-state index contributed by atoms with van der Waals surface area (Å²) in [4.78, 5) is 19.9. The Hall–Kier alpha value is -2.08. The number of benzene rings is 2. The van der Waals surface area contributed by atoms with Crippen molar-refractivity contribution in [1.82, 2.24) is 9.80 Å². The predicted molar refractivity (Wildman–Crippen MR) is 140 cm³/mol. The Kier molecular flexibility index (Phi) is 7.14. The van der Waals surface area contributed by atoms with Crippen LogP contribution in [0.4, 0.5) is 11.4 Å². The van der Waals surface area contributed by atoms with Crippen molar-refractivity contribution in [2.75, 3.05) is 44.2 Å². The summed E-state index contributed by atoms with van der Waals surface area (Å²) in [6.45, 7) is 5.93. The molecular formula is C28H37ClN4O. The Labute approximate surface area is 208 Å². The number of nitrogens with zero attached hydrogens (tertiary/aromatic N) is 3. The second-order valence-corrected chi connectivity index (χ2v) is 10.6. The van der Waals surface area contributed by atoms with E-state index in [9.17, 15) is 4.79 Å². The highest BCUT2D eigenvalue weighted by atomic mass is 35.5. The number of primary amides is 1. The van der Waals surface area contributed by atoms with Crippen LogP contribution in [-0.2, 0) is 17.6 Å². The van der Waals surface area contributed by atoms with Gasteiger partial charge in [0.05, 0.1) is 0 Å². The van der Waals surface area contributed by atoms with Gasteiger partial charge in [-0.15, -0.1) is 0 Å². The van der Waals surface area contributed by atoms with Crippen LogP contribution in [0.5, 0.6) is 0 Å². The molecule has 1 amide bonds. The van der Waals surface area contributed by atoms with E-state index >= 15 is 0 Å². The lowest BCUT2D eigenvalue weighted by Crippen LogP contribution is -2.63. The molecule has 5 rings (SSSR count). The number of anilines is 2. The van der Waals surface area contributed by atoms with E-state index in [4.69, 9.17) is 17.3 Å². The predicted octanol–water partition coefficient (Wildman–Crippen LogP) is 4.77. The summed E-state index contributed by atoms with van der Waals surface area (Å²) in [5, 5.41) is 0.810. The molecule has 0 unspecified atom stereocenters. The van der Waals surface area contributed by atoms with Gasteiger partial charge in [0.25, 0.3) is 0 Å². The van der Waals surface area contributed by atoms with Crippen LogP contribution < -0.4 is 10.6 Å². The number of aryl methyl sites for hydroxylation is 2. The van der Waals surface area contributed by atoms with E-state index in [1.165, 1.54) is 41.8 Å². The number of likely N-dealkylation sites (tertiary alicyclic amines) is 2. The van der Waals surface area contributed by atoms with Crippen LogP contribution in [0, 0.1) is 0 Å². The molecule has 2 aromatic rings. The zero-order chi connectivity index (χ0) is 23.5. The zero-order valence-corrected chi connectivity index (χ0v) is 20.9. The molecular weight excluding hydrogens is 444 g/mol. The Morgan fingerprint density at radius 1 is 0.882 bits per heavy atom. The minimum absolute atomic E-state index is 0.120. The molecule has 5 nitrogen and oxygen atoms in total. The molecule has 2 fully saturated rings. The molecule has 6 heteroatoms. The Balaban J connectivity index is 1.24. The van der Waals surface area contributed by atoms with Gasteiger partial charge in [-0.1, -0.05) is 36.2 Å². The molecule has 0 bridgehead atoms. The van der Waals surface area contributed by atoms with Crippen molar-refractivity contribution < 1.29 is 4.79 Å². The molecule has 0 saturated carbocycles. The van der Waals surface area contributed by atoms with Gasteiger partial charge in [-0.2, -0.15) is 0 Å². The van der Waals surface area contributed by atoms with E-state index < -0.39 is 5.54 Å². The molecule has 3 aliphatic rings. The maximum absolute atomic E-state index is 12.5. The molecule has 34 heavy (non-hydrogen) atoms. The van der Waals surface area contributed by atoms with Crippen LogP contribution in [0.2, 0.25) is 5.02 Å². The summed E-state index contributed by atoms with van der Waals surface area (Å²) < 4.78 is 0. The summed E-state index contributed by atoms with van der Waals surface area (Å²) >= 11 is 6.33. The van der Waals surface area contributed by atoms with Crippen molar-refractivity contribution in [3.8, 4) is 0 Å². The molecule has 2 N–H and O–H groups in total. The van der Waals surface area contributed by atoms with Crippen molar-refractivity contribution in [1.29, 1.82) is 0 Å². The maximum Gasteiger partial charge on any atom is 0.238 e. The van der Waals surface area contributed by atoms with Crippen molar-refractivity contribution >= 4 is 28.9 Å². The highest BCUT2D eigenvalue weighted by molar-refractivity contribution is 6.30. The van der Waals surface area contributed by atoms with E-state index in [0.717, 1.165) is 76.4 Å². The standard InChI is InChI=1S/C28H37ClN4O/c29-24-11-12-26-23(21-24)10-9-22-7-2-3-8-25(22)33(26)18-6-15-31-19-13-28(14-20-31,27(30)34)32-16-4-1-5-17-32/h2-3,7-8,11-12,21H,1,4-6,9-10,13-20H2,(H2,30,34). The molecule has 0 radical (unpaired) electrons. The highest BCUT2D eigenvalue weighted by Gasteiger charge is 2.44. The van der Waals surface area contributed by atoms with E-state index in [2.05, 4.69) is 51.1 Å². The lowest BCUT2D eigenvalue weighted by molar-refractivity contribution is -0.134. The number of carbonyl (C=O) groups is 1. The van der Waals surface area contributed by atoms with Gasteiger partial charge in [-0.05, 0) is 100.0 Å². The first kappa shape index (κ1) is 23.7. The number of halogens is 1. The molecule has 2 aromatic carbocycles. The second kappa shape index (κ2) is 10.3. The third-order valence-corrected chi connectivity index (χ3v) is 8.47. The molecule has 182 valence electrons. The topological polar surface area (TPSA) is 52.8 Å². The van der Waals surface area contributed by atoms with E-state index in [1.807, 2.05) is 6.07 Å². The van der Waals surface area contributed by atoms with Crippen molar-refractivity contribution in [3.63, 3.8) is 0 Å². The number of hydrogen-bond donors (Lipinski definition) is 1. The number of amides is 1. The quantitative estimate of drug-likeness (QED) is 0.646. The fraction of sp³-hybridized carbons (Fsp3) is 0.536. The van der Waals surface area contributed by atoms with Crippen LogP contribution in [0.15, 0.2) is 42.5 Å². The van der Waals surface area contributed by atoms with E-state index in [1.54, 1.807) is 0 Å². The van der Waals surface area contributed by atoms with Crippen LogP contribution in [0.3, 0.4) is 0 Å². The van der Waals surface area contributed by atoms with Gasteiger partial charge < -0.3 is 15.5 Å². The number of piperidine rings is 2. The largest absolute Gasteiger partial charge is 0.368 e. The monoisotopic (exact) mass is 480 g/mol. The minimum atomic E-state index is -0.432. The van der Waals surface area contributed by atoms with Crippen LogP contribution in [-0.4, -0.2) is 60.5 Å². The minimum Gasteiger partial charge on any atom is -0.368 e. The van der Waals surface area contributed by atoms with Gasteiger partial charge in [0, 0.05) is 36.0 Å². The average molecular weight is 481 g/mol. The number of hydrogen-bond acceptors (Lipinski definition) is 4. The first-order valence-corrected chi connectivity index (χ1v) is 13.4. The van der Waals surface area contributed by atoms with Gasteiger partial charge in [0.1, 0.15) is 5.54 Å². The molecule has 0 aliphatic carbocycles. The number of para-hydroxylation sites is 1.